The fraction of sp³-hybridized carbons (Fsp3) is 0.579. The van der Waals surface area contributed by atoms with Gasteiger partial charge in [-0.15, -0.1) is 0 Å². The minimum atomic E-state index is -0.131. The number of carbonyl (C=O) groups is 2. The van der Waals surface area contributed by atoms with Gasteiger partial charge in [0.05, 0.1) is 5.92 Å². The normalized spacial score (nSPS) is 25.0. The van der Waals surface area contributed by atoms with E-state index < -0.39 is 0 Å². The molecule has 3 aliphatic rings. The molecular formula is C19H24N2O2. The van der Waals surface area contributed by atoms with Gasteiger partial charge in [-0.25, -0.2) is 0 Å². The van der Waals surface area contributed by atoms with Crippen LogP contribution in [0.2, 0.25) is 0 Å². The number of carbonyl (C=O) groups excluding carboxylic acids is 2. The molecule has 0 spiro atoms. The third-order valence-corrected chi connectivity index (χ3v) is 5.72. The number of hydrogen-bond acceptors (Lipinski definition) is 2. The molecule has 1 aliphatic carbocycles. The second-order valence-corrected chi connectivity index (χ2v) is 7.16. The van der Waals surface area contributed by atoms with Crippen LogP contribution in [0.15, 0.2) is 24.3 Å². The van der Waals surface area contributed by atoms with Gasteiger partial charge in [0.1, 0.15) is 0 Å². The Labute approximate surface area is 137 Å². The van der Waals surface area contributed by atoms with E-state index in [1.165, 1.54) is 24.0 Å². The summed E-state index contributed by atoms with van der Waals surface area (Å²) in [7, 11) is 0. The van der Waals surface area contributed by atoms with Crippen molar-refractivity contribution in [3.05, 3.63) is 35.4 Å². The number of amides is 2. The zero-order valence-electron chi connectivity index (χ0n) is 13.5. The lowest BCUT2D eigenvalue weighted by Gasteiger charge is -2.31. The fourth-order valence-corrected chi connectivity index (χ4v) is 4.41. The maximum absolute atomic E-state index is 12.9. The molecule has 2 heterocycles. The molecule has 0 unspecified atom stereocenters. The fourth-order valence-electron chi connectivity index (χ4n) is 4.41. The van der Waals surface area contributed by atoms with E-state index in [1.54, 1.807) is 0 Å². The molecule has 0 aromatic heterocycles. The minimum Gasteiger partial charge on any atom is -0.339 e. The van der Waals surface area contributed by atoms with E-state index in [9.17, 15) is 9.59 Å². The molecule has 23 heavy (non-hydrogen) atoms. The Morgan fingerprint density at radius 2 is 1.83 bits per heavy atom. The van der Waals surface area contributed by atoms with Crippen LogP contribution in [-0.4, -0.2) is 40.7 Å². The van der Waals surface area contributed by atoms with Crippen molar-refractivity contribution in [2.75, 3.05) is 13.1 Å². The number of hydrogen-bond donors (Lipinski definition) is 0. The zero-order valence-corrected chi connectivity index (χ0v) is 13.5. The first-order chi connectivity index (χ1) is 11.2. The molecule has 1 aromatic carbocycles. The SMILES string of the molecule is O=C([C@@H]1CC(=O)N(C2CCCC2)C1)N1CCc2ccccc2C1. The zero-order chi connectivity index (χ0) is 15.8. The molecule has 0 bridgehead atoms. The summed E-state index contributed by atoms with van der Waals surface area (Å²) >= 11 is 0. The number of likely N-dealkylation sites (tertiary alicyclic amines) is 1. The summed E-state index contributed by atoms with van der Waals surface area (Å²) in [6.07, 6.45) is 6.00. The number of benzene rings is 1. The molecule has 2 fully saturated rings. The van der Waals surface area contributed by atoms with E-state index in [-0.39, 0.29) is 17.7 Å². The second kappa shape index (κ2) is 5.99. The quantitative estimate of drug-likeness (QED) is 0.841. The Balaban J connectivity index is 1.43. The van der Waals surface area contributed by atoms with Crippen molar-refractivity contribution < 1.29 is 9.59 Å². The van der Waals surface area contributed by atoms with Crippen molar-refractivity contribution in [2.24, 2.45) is 5.92 Å². The largest absolute Gasteiger partial charge is 0.339 e. The third-order valence-electron chi connectivity index (χ3n) is 5.72. The Hall–Kier alpha value is -1.84. The van der Waals surface area contributed by atoms with Crippen molar-refractivity contribution >= 4 is 11.8 Å². The van der Waals surface area contributed by atoms with Gasteiger partial charge in [0.2, 0.25) is 11.8 Å². The van der Waals surface area contributed by atoms with Gasteiger partial charge in [-0.2, -0.15) is 0 Å². The molecule has 122 valence electrons. The van der Waals surface area contributed by atoms with Crippen LogP contribution in [0.25, 0.3) is 0 Å². The number of fused-ring (bicyclic) bond motifs is 1. The van der Waals surface area contributed by atoms with Crippen LogP contribution < -0.4 is 0 Å². The summed E-state index contributed by atoms with van der Waals surface area (Å²) in [5.41, 5.74) is 2.61. The predicted molar refractivity (Wildman–Crippen MR) is 87.6 cm³/mol. The summed E-state index contributed by atoms with van der Waals surface area (Å²) < 4.78 is 0. The molecule has 0 radical (unpaired) electrons. The molecule has 4 heteroatoms. The highest BCUT2D eigenvalue weighted by molar-refractivity contribution is 5.89. The monoisotopic (exact) mass is 312 g/mol. The van der Waals surface area contributed by atoms with Gasteiger partial charge in [-0.3, -0.25) is 9.59 Å². The Morgan fingerprint density at radius 3 is 2.61 bits per heavy atom. The minimum absolute atomic E-state index is 0.131. The first-order valence-corrected chi connectivity index (χ1v) is 8.87. The molecule has 0 N–H and O–H groups in total. The van der Waals surface area contributed by atoms with Crippen LogP contribution in [0.1, 0.15) is 43.2 Å². The highest BCUT2D eigenvalue weighted by atomic mass is 16.2. The Bertz CT molecular complexity index is 622. The van der Waals surface area contributed by atoms with E-state index >= 15 is 0 Å². The van der Waals surface area contributed by atoms with Crippen LogP contribution in [0.5, 0.6) is 0 Å². The van der Waals surface area contributed by atoms with Gasteiger partial charge in [-0.1, -0.05) is 37.1 Å². The lowest BCUT2D eigenvalue weighted by Crippen LogP contribution is -2.41. The van der Waals surface area contributed by atoms with Gasteiger partial charge in [0.25, 0.3) is 0 Å². The van der Waals surface area contributed by atoms with Crippen LogP contribution in [0, 0.1) is 5.92 Å². The van der Waals surface area contributed by atoms with Crippen LogP contribution in [-0.2, 0) is 22.6 Å². The maximum Gasteiger partial charge on any atom is 0.228 e. The molecule has 2 amide bonds. The molecule has 1 saturated carbocycles. The summed E-state index contributed by atoms with van der Waals surface area (Å²) in [4.78, 5) is 29.1. The lowest BCUT2D eigenvalue weighted by atomic mass is 9.98. The van der Waals surface area contributed by atoms with E-state index in [1.807, 2.05) is 15.9 Å². The first kappa shape index (κ1) is 14.7. The summed E-state index contributed by atoms with van der Waals surface area (Å²) in [5, 5.41) is 0. The van der Waals surface area contributed by atoms with Gasteiger partial charge >= 0.3 is 0 Å². The number of nitrogens with zero attached hydrogens (tertiary/aromatic N) is 2. The van der Waals surface area contributed by atoms with Crippen LogP contribution in [0.3, 0.4) is 0 Å². The summed E-state index contributed by atoms with van der Waals surface area (Å²) in [6.45, 7) is 2.12. The lowest BCUT2D eigenvalue weighted by molar-refractivity contribution is -0.136. The van der Waals surface area contributed by atoms with Crippen molar-refractivity contribution in [3.63, 3.8) is 0 Å². The van der Waals surface area contributed by atoms with E-state index in [0.29, 0.717) is 25.6 Å². The Morgan fingerprint density at radius 1 is 1.09 bits per heavy atom. The molecule has 1 saturated heterocycles. The van der Waals surface area contributed by atoms with Crippen molar-refractivity contribution in [2.45, 2.75) is 51.1 Å². The standard InChI is InChI=1S/C19H24N2O2/c22-18-11-16(13-21(18)17-7-3-4-8-17)19(23)20-10-9-14-5-1-2-6-15(14)12-20/h1-2,5-6,16-17H,3-4,7-13H2/t16-/m1/s1. The topological polar surface area (TPSA) is 40.6 Å². The van der Waals surface area contributed by atoms with Crippen molar-refractivity contribution in [1.82, 2.24) is 9.80 Å². The highest BCUT2D eigenvalue weighted by Crippen LogP contribution is 2.31. The molecule has 2 aliphatic heterocycles. The average Bonchev–Trinajstić information content (AvgIpc) is 3.23. The molecule has 1 atom stereocenters. The van der Waals surface area contributed by atoms with Gasteiger partial charge in [0, 0.05) is 32.1 Å². The highest BCUT2D eigenvalue weighted by Gasteiger charge is 2.40. The smallest absolute Gasteiger partial charge is 0.228 e. The average molecular weight is 312 g/mol. The molecular weight excluding hydrogens is 288 g/mol. The maximum atomic E-state index is 12.9. The van der Waals surface area contributed by atoms with Gasteiger partial charge in [-0.05, 0) is 30.4 Å². The van der Waals surface area contributed by atoms with E-state index in [4.69, 9.17) is 0 Å². The van der Waals surface area contributed by atoms with Crippen molar-refractivity contribution in [3.8, 4) is 0 Å². The van der Waals surface area contributed by atoms with Crippen molar-refractivity contribution in [1.29, 1.82) is 0 Å². The Kier molecular flexibility index (Phi) is 3.83. The van der Waals surface area contributed by atoms with Gasteiger partial charge in [0.15, 0.2) is 0 Å². The molecule has 1 aromatic rings. The molecule has 4 rings (SSSR count). The van der Waals surface area contributed by atoms with Gasteiger partial charge < -0.3 is 9.80 Å². The first-order valence-electron chi connectivity index (χ1n) is 8.87. The van der Waals surface area contributed by atoms with Crippen LogP contribution >= 0.6 is 0 Å². The van der Waals surface area contributed by atoms with E-state index in [0.717, 1.165) is 25.8 Å². The summed E-state index contributed by atoms with van der Waals surface area (Å²) in [6, 6.07) is 8.75. The number of rotatable bonds is 2. The van der Waals surface area contributed by atoms with Crippen LogP contribution in [0.4, 0.5) is 0 Å². The third kappa shape index (κ3) is 2.75. The second-order valence-electron chi connectivity index (χ2n) is 7.16. The molecule has 4 nitrogen and oxygen atoms in total. The predicted octanol–water partition coefficient (Wildman–Crippen LogP) is 2.36. The van der Waals surface area contributed by atoms with E-state index in [2.05, 4.69) is 18.2 Å². The summed E-state index contributed by atoms with van der Waals surface area (Å²) in [5.74, 6) is 0.231.